The molecule has 2 unspecified atom stereocenters. The number of hydrogen-bond acceptors (Lipinski definition) is 2. The summed E-state index contributed by atoms with van der Waals surface area (Å²) in [6.07, 6.45) is 1.47. The highest BCUT2D eigenvalue weighted by atomic mass is 35.5. The molecule has 0 spiro atoms. The van der Waals surface area contributed by atoms with Crippen LogP contribution in [0.3, 0.4) is 0 Å². The molecule has 3 nitrogen and oxygen atoms in total. The highest BCUT2D eigenvalue weighted by molar-refractivity contribution is 5.85. The Balaban J connectivity index is 0.00000147. The van der Waals surface area contributed by atoms with Gasteiger partial charge >= 0.3 is 0 Å². The number of carbonyl (C=O) groups excluding carboxylic acids is 1. The lowest BCUT2D eigenvalue weighted by Crippen LogP contribution is -2.33. The molecule has 0 radical (unpaired) electrons. The van der Waals surface area contributed by atoms with Crippen LogP contribution in [-0.2, 0) is 4.79 Å². The number of hydrogen-bond donors (Lipinski definition) is 1. The maximum atomic E-state index is 13.6. The molecule has 1 heterocycles. The fourth-order valence-electron chi connectivity index (χ4n) is 2.84. The lowest BCUT2D eigenvalue weighted by Gasteiger charge is -2.15. The molecule has 2 N–H and O–H groups in total. The fourth-order valence-corrected chi connectivity index (χ4v) is 2.84. The second-order valence-corrected chi connectivity index (χ2v) is 5.45. The third kappa shape index (κ3) is 2.79. The van der Waals surface area contributed by atoms with Crippen LogP contribution in [0.4, 0.5) is 8.78 Å². The molecule has 20 heavy (non-hydrogen) atoms. The first-order chi connectivity index (χ1) is 9.06. The van der Waals surface area contributed by atoms with E-state index in [0.717, 1.165) is 12.5 Å². The summed E-state index contributed by atoms with van der Waals surface area (Å²) in [7, 11) is 0. The number of carbonyl (C=O) groups is 1. The second-order valence-electron chi connectivity index (χ2n) is 5.45. The van der Waals surface area contributed by atoms with E-state index < -0.39 is 11.6 Å². The molecule has 110 valence electrons. The monoisotopic (exact) mass is 302 g/mol. The van der Waals surface area contributed by atoms with Gasteiger partial charge < -0.3 is 10.6 Å². The Labute approximate surface area is 122 Å². The first-order valence-electron chi connectivity index (χ1n) is 6.55. The molecule has 1 amide bonds. The molecule has 1 saturated carbocycles. The van der Waals surface area contributed by atoms with Crippen LogP contribution in [0.5, 0.6) is 0 Å². The molecule has 1 aliphatic heterocycles. The quantitative estimate of drug-likeness (QED) is 0.909. The number of benzene rings is 1. The fraction of sp³-hybridized carbons (Fsp3) is 0.500. The second kappa shape index (κ2) is 5.66. The largest absolute Gasteiger partial charge is 0.341 e. The minimum atomic E-state index is -0.588. The minimum Gasteiger partial charge on any atom is -0.341 e. The molecule has 1 saturated heterocycles. The van der Waals surface area contributed by atoms with Gasteiger partial charge in [0.05, 0.1) is 0 Å². The maximum absolute atomic E-state index is 13.6. The van der Waals surface area contributed by atoms with Crippen LogP contribution in [0.1, 0.15) is 24.3 Å². The van der Waals surface area contributed by atoms with Crippen molar-refractivity contribution in [1.29, 1.82) is 0 Å². The molecular weight excluding hydrogens is 286 g/mol. The van der Waals surface area contributed by atoms with Crippen molar-refractivity contribution in [2.24, 2.45) is 11.7 Å². The molecular formula is C14H17ClF2N2O. The van der Waals surface area contributed by atoms with Crippen molar-refractivity contribution in [2.75, 3.05) is 13.1 Å². The van der Waals surface area contributed by atoms with Gasteiger partial charge in [0.15, 0.2) is 0 Å². The summed E-state index contributed by atoms with van der Waals surface area (Å²) < 4.78 is 26.5. The number of amides is 1. The van der Waals surface area contributed by atoms with E-state index in [1.807, 2.05) is 0 Å². The Morgan fingerprint density at radius 3 is 2.70 bits per heavy atom. The lowest BCUT2D eigenvalue weighted by atomic mass is 10.1. The van der Waals surface area contributed by atoms with E-state index in [1.54, 1.807) is 4.90 Å². The van der Waals surface area contributed by atoms with E-state index in [-0.39, 0.29) is 36.2 Å². The Morgan fingerprint density at radius 2 is 2.10 bits per heavy atom. The van der Waals surface area contributed by atoms with E-state index in [2.05, 4.69) is 0 Å². The zero-order valence-corrected chi connectivity index (χ0v) is 11.7. The standard InChI is InChI=1S/C14H16F2N2O.ClH/c15-8-1-2-10(13(16)5-8)11-6-12(11)14(19)18-4-3-9(17)7-18;/h1-2,5,9,11-12H,3-4,6-7,17H2;1H/t9-,11?,12?;/m1./s1. The number of nitrogens with zero attached hydrogens (tertiary/aromatic N) is 1. The summed E-state index contributed by atoms with van der Waals surface area (Å²) in [4.78, 5) is 13.9. The van der Waals surface area contributed by atoms with Crippen LogP contribution in [0.25, 0.3) is 0 Å². The van der Waals surface area contributed by atoms with Gasteiger partial charge in [-0.25, -0.2) is 8.78 Å². The van der Waals surface area contributed by atoms with E-state index in [9.17, 15) is 13.6 Å². The van der Waals surface area contributed by atoms with Gasteiger partial charge in [-0.3, -0.25) is 4.79 Å². The highest BCUT2D eigenvalue weighted by Gasteiger charge is 2.47. The minimum absolute atomic E-state index is 0. The molecule has 1 aromatic rings. The average Bonchev–Trinajstić information content (AvgIpc) is 3.02. The van der Waals surface area contributed by atoms with Crippen LogP contribution in [-0.4, -0.2) is 29.9 Å². The van der Waals surface area contributed by atoms with Crippen molar-refractivity contribution in [1.82, 2.24) is 4.90 Å². The Hall–Kier alpha value is -1.20. The van der Waals surface area contributed by atoms with Crippen LogP contribution in [0, 0.1) is 17.6 Å². The van der Waals surface area contributed by atoms with Gasteiger partial charge in [0.25, 0.3) is 0 Å². The summed E-state index contributed by atoms with van der Waals surface area (Å²) in [5.74, 6) is -1.36. The van der Waals surface area contributed by atoms with Crippen molar-refractivity contribution in [3.63, 3.8) is 0 Å². The van der Waals surface area contributed by atoms with Crippen LogP contribution in [0.2, 0.25) is 0 Å². The summed E-state index contributed by atoms with van der Waals surface area (Å²) in [5, 5.41) is 0. The zero-order valence-electron chi connectivity index (χ0n) is 10.9. The molecule has 6 heteroatoms. The number of halogens is 3. The van der Waals surface area contributed by atoms with E-state index in [1.165, 1.54) is 12.1 Å². The maximum Gasteiger partial charge on any atom is 0.226 e. The van der Waals surface area contributed by atoms with E-state index in [4.69, 9.17) is 5.73 Å². The number of likely N-dealkylation sites (tertiary alicyclic amines) is 1. The topological polar surface area (TPSA) is 46.3 Å². The highest BCUT2D eigenvalue weighted by Crippen LogP contribution is 2.49. The van der Waals surface area contributed by atoms with Crippen LogP contribution < -0.4 is 5.73 Å². The molecule has 2 aliphatic rings. The van der Waals surface area contributed by atoms with Crippen molar-refractivity contribution in [3.8, 4) is 0 Å². The van der Waals surface area contributed by atoms with Gasteiger partial charge in [-0.2, -0.15) is 0 Å². The van der Waals surface area contributed by atoms with Crippen molar-refractivity contribution in [2.45, 2.75) is 24.8 Å². The smallest absolute Gasteiger partial charge is 0.226 e. The summed E-state index contributed by atoms with van der Waals surface area (Å²) in [6, 6.07) is 3.62. The molecule has 1 aromatic carbocycles. The molecule has 0 aromatic heterocycles. The Kier molecular flexibility index (Phi) is 4.30. The zero-order chi connectivity index (χ0) is 13.6. The molecule has 3 atom stereocenters. The Bertz CT molecular complexity index is 526. The first kappa shape index (κ1) is 15.2. The lowest BCUT2D eigenvalue weighted by molar-refractivity contribution is -0.131. The number of nitrogens with two attached hydrogens (primary N) is 1. The molecule has 1 aliphatic carbocycles. The van der Waals surface area contributed by atoms with Crippen LogP contribution in [0.15, 0.2) is 18.2 Å². The third-order valence-corrected chi connectivity index (χ3v) is 4.01. The SMILES string of the molecule is Cl.N[C@@H]1CCN(C(=O)C2CC2c2ccc(F)cc2F)C1. The van der Waals surface area contributed by atoms with Crippen molar-refractivity contribution >= 4 is 18.3 Å². The van der Waals surface area contributed by atoms with Crippen molar-refractivity contribution < 1.29 is 13.6 Å². The third-order valence-electron chi connectivity index (χ3n) is 4.01. The van der Waals surface area contributed by atoms with E-state index in [0.29, 0.717) is 25.1 Å². The molecule has 3 rings (SSSR count). The van der Waals surface area contributed by atoms with E-state index >= 15 is 0 Å². The van der Waals surface area contributed by atoms with Gasteiger partial charge in [-0.05, 0) is 30.4 Å². The van der Waals surface area contributed by atoms with Crippen LogP contribution >= 0.6 is 12.4 Å². The van der Waals surface area contributed by atoms with Gasteiger partial charge in [-0.1, -0.05) is 6.07 Å². The molecule has 0 bridgehead atoms. The van der Waals surface area contributed by atoms with Gasteiger partial charge in [0, 0.05) is 31.1 Å². The first-order valence-corrected chi connectivity index (χ1v) is 6.55. The van der Waals surface area contributed by atoms with Gasteiger partial charge in [0.1, 0.15) is 11.6 Å². The van der Waals surface area contributed by atoms with Gasteiger partial charge in [0.2, 0.25) is 5.91 Å². The number of rotatable bonds is 2. The normalized spacial score (nSPS) is 28.1. The molecule has 2 fully saturated rings. The summed E-state index contributed by atoms with van der Waals surface area (Å²) in [6.45, 7) is 1.28. The summed E-state index contributed by atoms with van der Waals surface area (Å²) in [5.41, 5.74) is 6.22. The average molecular weight is 303 g/mol. The summed E-state index contributed by atoms with van der Waals surface area (Å²) >= 11 is 0. The van der Waals surface area contributed by atoms with Gasteiger partial charge in [-0.15, -0.1) is 12.4 Å². The Morgan fingerprint density at radius 1 is 1.35 bits per heavy atom. The predicted octanol–water partition coefficient (Wildman–Crippen LogP) is 2.05. The van der Waals surface area contributed by atoms with Crippen molar-refractivity contribution in [3.05, 3.63) is 35.4 Å². The predicted molar refractivity (Wildman–Crippen MR) is 73.6 cm³/mol.